The van der Waals surface area contributed by atoms with Gasteiger partial charge >= 0.3 is 12.3 Å². The smallest absolute Gasteiger partial charge is 0.324 e. The third kappa shape index (κ3) is 3.90. The second-order valence-electron chi connectivity index (χ2n) is 3.29. The highest BCUT2D eigenvalue weighted by Crippen LogP contribution is 2.24. The van der Waals surface area contributed by atoms with Crippen molar-refractivity contribution >= 4 is 23.4 Å². The summed E-state index contributed by atoms with van der Waals surface area (Å²) in [6, 6.07) is 1.36. The molecule has 0 saturated carbocycles. The molecule has 0 aliphatic carbocycles. The molecule has 2 N–H and O–H groups in total. The zero-order chi connectivity index (χ0) is 13.8. The number of nitrogens with one attached hydrogen (secondary N) is 2. The summed E-state index contributed by atoms with van der Waals surface area (Å²) in [6.07, 6.45) is -2.00. The van der Waals surface area contributed by atoms with Crippen molar-refractivity contribution in [2.75, 3.05) is 30.5 Å². The minimum atomic E-state index is -4.09. The Morgan fingerprint density at radius 3 is 2.44 bits per heavy atom. The van der Waals surface area contributed by atoms with Crippen LogP contribution in [0, 0.1) is 0 Å². The lowest BCUT2D eigenvalue weighted by Gasteiger charge is -2.16. The summed E-state index contributed by atoms with van der Waals surface area (Å²) < 4.78 is 49.4. The van der Waals surface area contributed by atoms with E-state index in [0.717, 1.165) is 0 Å². The summed E-state index contributed by atoms with van der Waals surface area (Å²) in [4.78, 5) is 7.90. The van der Waals surface area contributed by atoms with Gasteiger partial charge in [0.1, 0.15) is 11.6 Å². The zero-order valence-corrected chi connectivity index (χ0v) is 10.5. The van der Waals surface area contributed by atoms with Crippen molar-refractivity contribution in [1.29, 1.82) is 0 Å². The second-order valence-corrected chi connectivity index (χ2v) is 4.06. The van der Waals surface area contributed by atoms with E-state index in [9.17, 15) is 17.6 Å². The minimum Gasteiger partial charge on any atom is -0.373 e. The van der Waals surface area contributed by atoms with Gasteiger partial charge in [0.25, 0.3) is 0 Å². The molecule has 1 aromatic heterocycles. The topological polar surface area (TPSA) is 49.8 Å². The first kappa shape index (κ1) is 14.8. The summed E-state index contributed by atoms with van der Waals surface area (Å²) in [5.74, 6) is -3.61. The highest BCUT2D eigenvalue weighted by Gasteiger charge is 2.40. The molecule has 1 aromatic rings. The van der Waals surface area contributed by atoms with E-state index in [4.69, 9.17) is 0 Å². The van der Waals surface area contributed by atoms with Crippen LogP contribution >= 0.6 is 11.8 Å². The number of nitrogens with zero attached hydrogens (tertiary/aromatic N) is 2. The fraction of sp³-hybridized carbons (Fsp3) is 0.556. The maximum Gasteiger partial charge on any atom is 0.324 e. The second kappa shape index (κ2) is 6.07. The number of halogens is 4. The highest BCUT2D eigenvalue weighted by molar-refractivity contribution is 7.98. The van der Waals surface area contributed by atoms with Crippen LogP contribution in [0.3, 0.4) is 0 Å². The fourth-order valence-corrected chi connectivity index (χ4v) is 1.40. The van der Waals surface area contributed by atoms with Gasteiger partial charge in [0.15, 0.2) is 5.16 Å². The summed E-state index contributed by atoms with van der Waals surface area (Å²) in [7, 11) is 1.60. The lowest BCUT2D eigenvalue weighted by atomic mass is 10.3. The average Bonchev–Trinajstić information content (AvgIpc) is 2.35. The van der Waals surface area contributed by atoms with Gasteiger partial charge in [-0.25, -0.2) is 18.7 Å². The molecule has 0 amide bonds. The van der Waals surface area contributed by atoms with E-state index < -0.39 is 18.9 Å². The van der Waals surface area contributed by atoms with Gasteiger partial charge in [-0.3, -0.25) is 0 Å². The number of rotatable bonds is 6. The first-order valence-corrected chi connectivity index (χ1v) is 6.12. The van der Waals surface area contributed by atoms with Gasteiger partial charge in [0.05, 0.1) is 6.54 Å². The van der Waals surface area contributed by atoms with Crippen molar-refractivity contribution in [2.45, 2.75) is 17.5 Å². The highest BCUT2D eigenvalue weighted by atomic mass is 32.2. The van der Waals surface area contributed by atoms with E-state index >= 15 is 0 Å². The Bertz CT molecular complexity index is 380. The van der Waals surface area contributed by atoms with E-state index in [1.165, 1.54) is 17.8 Å². The third-order valence-electron chi connectivity index (χ3n) is 1.97. The summed E-state index contributed by atoms with van der Waals surface area (Å²) in [6.45, 7) is -1.18. The molecule has 18 heavy (non-hydrogen) atoms. The van der Waals surface area contributed by atoms with E-state index in [0.29, 0.717) is 11.0 Å². The van der Waals surface area contributed by atoms with Gasteiger partial charge in [-0.15, -0.1) is 0 Å². The van der Waals surface area contributed by atoms with Crippen molar-refractivity contribution in [3.05, 3.63) is 6.07 Å². The normalized spacial score (nSPS) is 11.7. The molecule has 0 fully saturated rings. The number of aromatic nitrogens is 2. The molecule has 0 saturated heterocycles. The molecule has 0 spiro atoms. The van der Waals surface area contributed by atoms with Gasteiger partial charge in [0, 0.05) is 13.1 Å². The van der Waals surface area contributed by atoms with Crippen molar-refractivity contribution < 1.29 is 17.6 Å². The molecule has 4 nitrogen and oxygen atoms in total. The van der Waals surface area contributed by atoms with Crippen LogP contribution in [0.5, 0.6) is 0 Å². The van der Waals surface area contributed by atoms with Gasteiger partial charge in [-0.2, -0.15) is 8.78 Å². The van der Waals surface area contributed by atoms with Crippen molar-refractivity contribution in [2.24, 2.45) is 0 Å². The number of hydrogen-bond donors (Lipinski definition) is 2. The minimum absolute atomic E-state index is 0.0685. The van der Waals surface area contributed by atoms with Crippen LogP contribution in [0.25, 0.3) is 0 Å². The maximum absolute atomic E-state index is 12.7. The Morgan fingerprint density at radius 1 is 1.33 bits per heavy atom. The van der Waals surface area contributed by atoms with Crippen LogP contribution < -0.4 is 10.6 Å². The predicted molar refractivity (Wildman–Crippen MR) is 62.8 cm³/mol. The monoisotopic (exact) mass is 284 g/mol. The Labute approximate surface area is 106 Å². The molecule has 0 radical (unpaired) electrons. The molecule has 0 aliphatic rings. The van der Waals surface area contributed by atoms with Gasteiger partial charge < -0.3 is 10.6 Å². The van der Waals surface area contributed by atoms with E-state index in [1.54, 1.807) is 13.3 Å². The third-order valence-corrected chi connectivity index (χ3v) is 2.52. The molecule has 1 rings (SSSR count). The Kier molecular flexibility index (Phi) is 5.00. The predicted octanol–water partition coefficient (Wildman–Crippen LogP) is 2.55. The van der Waals surface area contributed by atoms with E-state index in [-0.39, 0.29) is 5.82 Å². The van der Waals surface area contributed by atoms with Crippen LogP contribution in [0.2, 0.25) is 0 Å². The Morgan fingerprint density at radius 2 is 1.94 bits per heavy atom. The summed E-state index contributed by atoms with van der Waals surface area (Å²) in [5, 5.41) is 5.25. The van der Waals surface area contributed by atoms with Gasteiger partial charge in [-0.1, -0.05) is 11.8 Å². The van der Waals surface area contributed by atoms with Crippen molar-refractivity contribution in [3.63, 3.8) is 0 Å². The van der Waals surface area contributed by atoms with Gasteiger partial charge in [-0.05, 0) is 6.26 Å². The summed E-state index contributed by atoms with van der Waals surface area (Å²) >= 11 is 1.21. The molecule has 0 aliphatic heterocycles. The van der Waals surface area contributed by atoms with Crippen LogP contribution in [0.15, 0.2) is 11.2 Å². The lowest BCUT2D eigenvalue weighted by Crippen LogP contribution is -2.35. The van der Waals surface area contributed by atoms with Crippen molar-refractivity contribution in [3.8, 4) is 0 Å². The molecule has 0 atom stereocenters. The first-order chi connectivity index (χ1) is 8.39. The van der Waals surface area contributed by atoms with Crippen LogP contribution in [0.4, 0.5) is 29.2 Å². The van der Waals surface area contributed by atoms with Crippen LogP contribution in [-0.4, -0.2) is 42.2 Å². The number of hydrogen-bond acceptors (Lipinski definition) is 5. The fourth-order valence-electron chi connectivity index (χ4n) is 1.02. The molecule has 0 unspecified atom stereocenters. The standard InChI is InChI=1S/C9H12F4N4S/c1-14-5-3-6(17-8(16-5)18-2)15-4-9(12,13)7(10)11/h3,7H,4H2,1-2H3,(H2,14,15,16,17). The molecular weight excluding hydrogens is 272 g/mol. The van der Waals surface area contributed by atoms with E-state index in [1.807, 2.05) is 0 Å². The molecule has 0 aromatic carbocycles. The van der Waals surface area contributed by atoms with Crippen LogP contribution in [-0.2, 0) is 0 Å². The molecule has 102 valence electrons. The zero-order valence-electron chi connectivity index (χ0n) is 9.68. The molecule has 1 heterocycles. The maximum atomic E-state index is 12.7. The molecular formula is C9H12F4N4S. The van der Waals surface area contributed by atoms with Crippen molar-refractivity contribution in [1.82, 2.24) is 9.97 Å². The Hall–Kier alpha value is -1.25. The molecule has 9 heteroatoms. The number of alkyl halides is 4. The number of anilines is 2. The first-order valence-electron chi connectivity index (χ1n) is 4.89. The average molecular weight is 284 g/mol. The van der Waals surface area contributed by atoms with Crippen LogP contribution in [0.1, 0.15) is 0 Å². The van der Waals surface area contributed by atoms with Gasteiger partial charge in [0.2, 0.25) is 0 Å². The number of thioether (sulfide) groups is 1. The molecule has 0 bridgehead atoms. The lowest BCUT2D eigenvalue weighted by molar-refractivity contribution is -0.117. The Balaban J connectivity index is 2.78. The summed E-state index contributed by atoms with van der Waals surface area (Å²) in [5.41, 5.74) is 0. The van der Waals surface area contributed by atoms with E-state index in [2.05, 4.69) is 20.6 Å². The SMILES string of the molecule is CNc1cc(NCC(F)(F)C(F)F)nc(SC)n1. The quantitative estimate of drug-likeness (QED) is 0.477. The largest absolute Gasteiger partial charge is 0.373 e.